The third-order valence-electron chi connectivity index (χ3n) is 2.86. The number of ether oxygens (including phenoxy) is 1. The Hall–Kier alpha value is -1.78. The molecule has 2 aromatic carbocycles. The van der Waals surface area contributed by atoms with Crippen LogP contribution in [0, 0.1) is 5.82 Å². The van der Waals surface area contributed by atoms with Crippen LogP contribution in [0.25, 0.3) is 0 Å². The van der Waals surface area contributed by atoms with E-state index in [0.29, 0.717) is 22.3 Å². The van der Waals surface area contributed by atoms with E-state index < -0.39 is 11.8 Å². The molecular weight excluding hydrogens is 316 g/mol. The number of carbonyl (C=O) groups excluding carboxylic acids is 1. The Morgan fingerprint density at radius 3 is 2.71 bits per heavy atom. The number of rotatable bonds is 4. The molecule has 0 aliphatic heterocycles. The maximum Gasteiger partial charge on any atom is 0.339 e. The van der Waals surface area contributed by atoms with E-state index in [-0.39, 0.29) is 5.56 Å². The van der Waals surface area contributed by atoms with Gasteiger partial charge in [0.2, 0.25) is 0 Å². The molecule has 0 aromatic heterocycles. The lowest BCUT2D eigenvalue weighted by molar-refractivity contribution is 0.0602. The van der Waals surface area contributed by atoms with E-state index in [1.54, 1.807) is 18.2 Å². The van der Waals surface area contributed by atoms with Crippen LogP contribution in [0.1, 0.15) is 15.9 Å². The molecule has 2 rings (SSSR count). The van der Waals surface area contributed by atoms with Gasteiger partial charge in [-0.2, -0.15) is 0 Å². The van der Waals surface area contributed by atoms with E-state index in [1.165, 1.54) is 25.3 Å². The highest BCUT2D eigenvalue weighted by Crippen LogP contribution is 2.23. The van der Waals surface area contributed by atoms with Gasteiger partial charge in [-0.3, -0.25) is 0 Å². The van der Waals surface area contributed by atoms with E-state index in [4.69, 9.17) is 23.2 Å². The standard InChI is InChI=1S/C15H12Cl2FNO2/c1-21-15(20)12-4-3-11(18)7-14(12)19-8-9-6-10(16)2-5-13(9)17/h2-7,19H,8H2,1H3. The van der Waals surface area contributed by atoms with Gasteiger partial charge in [0.15, 0.2) is 0 Å². The number of esters is 1. The molecule has 21 heavy (non-hydrogen) atoms. The van der Waals surface area contributed by atoms with Crippen LogP contribution in [0.4, 0.5) is 10.1 Å². The van der Waals surface area contributed by atoms with Crippen LogP contribution in [-0.4, -0.2) is 13.1 Å². The summed E-state index contributed by atoms with van der Waals surface area (Å²) in [6.07, 6.45) is 0. The number of halogens is 3. The van der Waals surface area contributed by atoms with Crippen LogP contribution < -0.4 is 5.32 Å². The summed E-state index contributed by atoms with van der Waals surface area (Å²) in [5.41, 5.74) is 1.32. The molecule has 3 nitrogen and oxygen atoms in total. The fraction of sp³-hybridized carbons (Fsp3) is 0.133. The lowest BCUT2D eigenvalue weighted by atomic mass is 10.1. The van der Waals surface area contributed by atoms with Crippen LogP contribution >= 0.6 is 23.2 Å². The molecule has 1 N–H and O–H groups in total. The van der Waals surface area contributed by atoms with Gasteiger partial charge in [-0.25, -0.2) is 9.18 Å². The van der Waals surface area contributed by atoms with Gasteiger partial charge < -0.3 is 10.1 Å². The molecule has 0 saturated carbocycles. The third-order valence-corrected chi connectivity index (χ3v) is 3.47. The first-order chi connectivity index (χ1) is 10.0. The Morgan fingerprint density at radius 1 is 1.24 bits per heavy atom. The normalized spacial score (nSPS) is 10.3. The number of anilines is 1. The molecule has 0 aliphatic carbocycles. The molecular formula is C15H12Cl2FNO2. The van der Waals surface area contributed by atoms with Gasteiger partial charge >= 0.3 is 5.97 Å². The molecule has 2 aromatic rings. The molecule has 0 bridgehead atoms. The predicted molar refractivity (Wildman–Crippen MR) is 81.5 cm³/mol. The summed E-state index contributed by atoms with van der Waals surface area (Å²) < 4.78 is 18.0. The Bertz CT molecular complexity index is 677. The van der Waals surface area contributed by atoms with E-state index >= 15 is 0 Å². The van der Waals surface area contributed by atoms with Gasteiger partial charge in [0.25, 0.3) is 0 Å². The monoisotopic (exact) mass is 327 g/mol. The maximum absolute atomic E-state index is 13.3. The van der Waals surface area contributed by atoms with Crippen molar-refractivity contribution in [1.29, 1.82) is 0 Å². The second-order valence-electron chi connectivity index (χ2n) is 4.27. The van der Waals surface area contributed by atoms with Gasteiger partial charge in [0, 0.05) is 16.6 Å². The summed E-state index contributed by atoms with van der Waals surface area (Å²) in [6.45, 7) is 0.298. The zero-order valence-corrected chi connectivity index (χ0v) is 12.6. The molecule has 0 spiro atoms. The highest BCUT2D eigenvalue weighted by Gasteiger charge is 2.13. The summed E-state index contributed by atoms with van der Waals surface area (Å²) in [4.78, 5) is 11.6. The lowest BCUT2D eigenvalue weighted by Crippen LogP contribution is -2.09. The smallest absolute Gasteiger partial charge is 0.339 e. The molecule has 0 aliphatic rings. The minimum atomic E-state index is -0.547. The second-order valence-corrected chi connectivity index (χ2v) is 5.11. The van der Waals surface area contributed by atoms with Crippen molar-refractivity contribution in [2.24, 2.45) is 0 Å². The van der Waals surface area contributed by atoms with Crippen LogP contribution in [0.5, 0.6) is 0 Å². The molecule has 110 valence electrons. The largest absolute Gasteiger partial charge is 0.465 e. The molecule has 0 fully saturated rings. The summed E-state index contributed by atoms with van der Waals surface area (Å²) >= 11 is 12.0. The Balaban J connectivity index is 2.25. The topological polar surface area (TPSA) is 38.3 Å². The van der Waals surface area contributed by atoms with Crippen molar-refractivity contribution in [2.75, 3.05) is 12.4 Å². The fourth-order valence-electron chi connectivity index (χ4n) is 1.82. The quantitative estimate of drug-likeness (QED) is 0.838. The SMILES string of the molecule is COC(=O)c1ccc(F)cc1NCc1cc(Cl)ccc1Cl. The molecule has 0 atom stereocenters. The molecule has 0 amide bonds. The first-order valence-corrected chi connectivity index (χ1v) is 6.82. The van der Waals surface area contributed by atoms with Crippen molar-refractivity contribution in [2.45, 2.75) is 6.54 Å². The van der Waals surface area contributed by atoms with E-state index in [1.807, 2.05) is 0 Å². The van der Waals surface area contributed by atoms with Crippen molar-refractivity contribution >= 4 is 34.9 Å². The Morgan fingerprint density at radius 2 is 2.00 bits per heavy atom. The van der Waals surface area contributed by atoms with Gasteiger partial charge in [0.1, 0.15) is 5.82 Å². The summed E-state index contributed by atoms with van der Waals surface area (Å²) in [6, 6.07) is 8.84. The molecule has 0 radical (unpaired) electrons. The van der Waals surface area contributed by atoms with Gasteiger partial charge in [-0.05, 0) is 42.0 Å². The molecule has 0 saturated heterocycles. The zero-order chi connectivity index (χ0) is 15.4. The van der Waals surface area contributed by atoms with Crippen LogP contribution in [-0.2, 0) is 11.3 Å². The molecule has 0 unspecified atom stereocenters. The maximum atomic E-state index is 13.3. The van der Waals surface area contributed by atoms with E-state index in [9.17, 15) is 9.18 Å². The van der Waals surface area contributed by atoms with Crippen LogP contribution in [0.15, 0.2) is 36.4 Å². The van der Waals surface area contributed by atoms with Gasteiger partial charge in [0.05, 0.1) is 18.4 Å². The first-order valence-electron chi connectivity index (χ1n) is 6.07. The fourth-order valence-corrected chi connectivity index (χ4v) is 2.20. The van der Waals surface area contributed by atoms with Gasteiger partial charge in [-0.1, -0.05) is 23.2 Å². The predicted octanol–water partition coefficient (Wildman–Crippen LogP) is 4.53. The van der Waals surface area contributed by atoms with E-state index in [0.717, 1.165) is 5.56 Å². The Kier molecular flexibility index (Phi) is 5.04. The number of benzene rings is 2. The van der Waals surface area contributed by atoms with Crippen molar-refractivity contribution < 1.29 is 13.9 Å². The molecule has 6 heteroatoms. The lowest BCUT2D eigenvalue weighted by Gasteiger charge is -2.12. The summed E-state index contributed by atoms with van der Waals surface area (Å²) in [7, 11) is 1.27. The van der Waals surface area contributed by atoms with Crippen LogP contribution in [0.2, 0.25) is 10.0 Å². The second kappa shape index (κ2) is 6.78. The third kappa shape index (κ3) is 3.86. The van der Waals surface area contributed by atoms with Crippen LogP contribution in [0.3, 0.4) is 0 Å². The number of hydrogen-bond acceptors (Lipinski definition) is 3. The first kappa shape index (κ1) is 15.6. The zero-order valence-electron chi connectivity index (χ0n) is 11.1. The van der Waals surface area contributed by atoms with Gasteiger partial charge in [-0.15, -0.1) is 0 Å². The minimum Gasteiger partial charge on any atom is -0.465 e. The summed E-state index contributed by atoms with van der Waals surface area (Å²) in [5.74, 6) is -1.00. The minimum absolute atomic E-state index is 0.247. The average Bonchev–Trinajstić information content (AvgIpc) is 2.47. The average molecular weight is 328 g/mol. The van der Waals surface area contributed by atoms with E-state index in [2.05, 4.69) is 10.1 Å². The highest BCUT2D eigenvalue weighted by molar-refractivity contribution is 6.33. The van der Waals surface area contributed by atoms with Crippen molar-refractivity contribution in [1.82, 2.24) is 0 Å². The number of methoxy groups -OCH3 is 1. The van der Waals surface area contributed by atoms with Crippen molar-refractivity contribution in [3.63, 3.8) is 0 Å². The number of hydrogen-bond donors (Lipinski definition) is 1. The highest BCUT2D eigenvalue weighted by atomic mass is 35.5. The van der Waals surface area contributed by atoms with Crippen molar-refractivity contribution in [3.05, 3.63) is 63.4 Å². The number of carbonyl (C=O) groups is 1. The summed E-state index contributed by atoms with van der Waals surface area (Å²) in [5, 5.41) is 4.05. The van der Waals surface area contributed by atoms with Crippen molar-refractivity contribution in [3.8, 4) is 0 Å². The molecule has 0 heterocycles. The Labute approximate surface area is 131 Å². The number of nitrogens with one attached hydrogen (secondary N) is 1.